The number of nitrogens with zero attached hydrogens (tertiary/aromatic N) is 1. The highest BCUT2D eigenvalue weighted by molar-refractivity contribution is 6.32. The van der Waals surface area contributed by atoms with E-state index in [9.17, 15) is 9.90 Å². The average molecular weight is 334 g/mol. The molecule has 0 bridgehead atoms. The van der Waals surface area contributed by atoms with E-state index < -0.39 is 5.97 Å². The summed E-state index contributed by atoms with van der Waals surface area (Å²) in [7, 11) is 0. The van der Waals surface area contributed by atoms with Crippen molar-refractivity contribution in [3.8, 4) is 11.5 Å². The van der Waals surface area contributed by atoms with Gasteiger partial charge in [0.1, 0.15) is 5.75 Å². The van der Waals surface area contributed by atoms with Gasteiger partial charge in [-0.25, -0.2) is 4.79 Å². The number of carboxylic acids is 1. The predicted octanol–water partition coefficient (Wildman–Crippen LogP) is 2.96. The molecule has 2 aromatic carbocycles. The number of carbonyl (C=O) groups is 1. The molecule has 0 aliphatic carbocycles. The molecule has 0 saturated carbocycles. The van der Waals surface area contributed by atoms with Gasteiger partial charge in [-0.2, -0.15) is 5.10 Å². The summed E-state index contributed by atoms with van der Waals surface area (Å²) in [5, 5.41) is 24.7. The van der Waals surface area contributed by atoms with Crippen molar-refractivity contribution in [3.63, 3.8) is 0 Å². The highest BCUT2D eigenvalue weighted by Crippen LogP contribution is 2.32. The number of hydrogen-bond donors (Lipinski definition) is 2. The van der Waals surface area contributed by atoms with E-state index in [4.69, 9.17) is 21.4 Å². The molecule has 6 nitrogen and oxygen atoms in total. The Kier molecular flexibility index (Phi) is 5.43. The van der Waals surface area contributed by atoms with Crippen LogP contribution in [0, 0.1) is 0 Å². The van der Waals surface area contributed by atoms with Crippen LogP contribution in [0.4, 0.5) is 5.69 Å². The Bertz CT molecular complexity index is 747. The van der Waals surface area contributed by atoms with E-state index in [1.54, 1.807) is 19.1 Å². The van der Waals surface area contributed by atoms with Gasteiger partial charge in [0.05, 0.1) is 24.1 Å². The Hall–Kier alpha value is -2.73. The molecule has 7 heteroatoms. The number of carboxylic acid groups (broad SMARTS) is 1. The maximum absolute atomic E-state index is 11.7. The minimum Gasteiger partial charge on any atom is -0.869 e. The van der Waals surface area contributed by atoms with Crippen LogP contribution in [0.15, 0.2) is 41.5 Å². The highest BCUT2D eigenvalue weighted by Gasteiger charge is 2.03. The van der Waals surface area contributed by atoms with Gasteiger partial charge in [-0.15, -0.1) is 0 Å². The van der Waals surface area contributed by atoms with Crippen LogP contribution in [-0.4, -0.2) is 23.9 Å². The molecule has 0 amide bonds. The van der Waals surface area contributed by atoms with Crippen molar-refractivity contribution < 1.29 is 19.7 Å². The van der Waals surface area contributed by atoms with Crippen molar-refractivity contribution in [2.24, 2.45) is 5.10 Å². The van der Waals surface area contributed by atoms with E-state index in [2.05, 4.69) is 10.5 Å². The molecule has 0 saturated heterocycles. The zero-order chi connectivity index (χ0) is 16.8. The summed E-state index contributed by atoms with van der Waals surface area (Å²) in [6, 6.07) is 9.25. The highest BCUT2D eigenvalue weighted by atomic mass is 35.5. The molecule has 0 radical (unpaired) electrons. The number of aromatic carboxylic acids is 1. The second-order valence-electron chi connectivity index (χ2n) is 4.52. The number of nitrogens with one attached hydrogen (secondary N) is 1. The summed E-state index contributed by atoms with van der Waals surface area (Å²) in [6.45, 7) is 2.12. The van der Waals surface area contributed by atoms with Crippen molar-refractivity contribution in [3.05, 3.63) is 52.5 Å². The SMILES string of the molecule is CCOc1cc(/C=N/Nc2cccc(C(=O)O)c2)cc(Cl)c1[O-]. The van der Waals surface area contributed by atoms with E-state index >= 15 is 0 Å². The van der Waals surface area contributed by atoms with E-state index in [0.717, 1.165) is 0 Å². The van der Waals surface area contributed by atoms with Crippen LogP contribution < -0.4 is 15.3 Å². The summed E-state index contributed by atoms with van der Waals surface area (Å²) >= 11 is 5.87. The number of rotatable bonds is 6. The first-order chi connectivity index (χ1) is 11.0. The molecule has 0 spiro atoms. The standard InChI is InChI=1S/C16H15ClN2O4/c1-2-23-14-7-10(6-13(17)15(14)20)9-18-19-12-5-3-4-11(8-12)16(21)22/h3-9,19-20H,2H2,1H3,(H,21,22)/p-1/b18-9+. The second kappa shape index (κ2) is 7.51. The lowest BCUT2D eigenvalue weighted by molar-refractivity contribution is -0.270. The van der Waals surface area contributed by atoms with Crippen LogP contribution in [0.25, 0.3) is 0 Å². The van der Waals surface area contributed by atoms with Gasteiger partial charge in [-0.1, -0.05) is 17.7 Å². The van der Waals surface area contributed by atoms with E-state index in [1.165, 1.54) is 30.5 Å². The van der Waals surface area contributed by atoms with Crippen LogP contribution in [-0.2, 0) is 0 Å². The van der Waals surface area contributed by atoms with Crippen molar-refractivity contribution in [2.75, 3.05) is 12.0 Å². The molecule has 0 aromatic heterocycles. The van der Waals surface area contributed by atoms with Crippen molar-refractivity contribution in [2.45, 2.75) is 6.92 Å². The zero-order valence-electron chi connectivity index (χ0n) is 12.2. The number of anilines is 1. The van der Waals surface area contributed by atoms with E-state index in [1.807, 2.05) is 0 Å². The normalized spacial score (nSPS) is 10.7. The molecule has 0 aliphatic rings. The third-order valence-electron chi connectivity index (χ3n) is 2.85. The molecule has 0 atom stereocenters. The van der Waals surface area contributed by atoms with Gasteiger partial charge in [-0.3, -0.25) is 5.43 Å². The average Bonchev–Trinajstić information content (AvgIpc) is 2.52. The van der Waals surface area contributed by atoms with Crippen molar-refractivity contribution in [1.29, 1.82) is 0 Å². The third-order valence-corrected chi connectivity index (χ3v) is 3.13. The first-order valence-corrected chi connectivity index (χ1v) is 7.15. The summed E-state index contributed by atoms with van der Waals surface area (Å²) in [4.78, 5) is 10.9. The Morgan fingerprint density at radius 3 is 2.91 bits per heavy atom. The molecular formula is C16H14ClN2O4-. The fourth-order valence-corrected chi connectivity index (χ4v) is 2.05. The van der Waals surface area contributed by atoms with Crippen LogP contribution in [0.1, 0.15) is 22.8 Å². The molecule has 0 aliphatic heterocycles. The predicted molar refractivity (Wildman–Crippen MR) is 86.7 cm³/mol. The molecule has 2 N–H and O–H groups in total. The molecule has 2 aromatic rings. The van der Waals surface area contributed by atoms with E-state index in [-0.39, 0.29) is 22.1 Å². The van der Waals surface area contributed by atoms with Crippen molar-refractivity contribution >= 4 is 29.5 Å². The number of hydrazone groups is 1. The first-order valence-electron chi connectivity index (χ1n) is 6.77. The quantitative estimate of drug-likeness (QED) is 0.626. The number of benzene rings is 2. The molecular weight excluding hydrogens is 320 g/mol. The summed E-state index contributed by atoms with van der Waals surface area (Å²) < 4.78 is 5.22. The minimum atomic E-state index is -1.02. The Balaban J connectivity index is 2.14. The Labute approximate surface area is 138 Å². The fraction of sp³-hybridized carbons (Fsp3) is 0.125. The molecule has 0 unspecified atom stereocenters. The number of hydrogen-bond acceptors (Lipinski definition) is 5. The maximum atomic E-state index is 11.7. The van der Waals surface area contributed by atoms with Crippen LogP contribution in [0.2, 0.25) is 5.02 Å². The van der Waals surface area contributed by atoms with Gasteiger partial charge < -0.3 is 14.9 Å². The lowest BCUT2D eigenvalue weighted by atomic mass is 10.2. The van der Waals surface area contributed by atoms with Gasteiger partial charge in [0, 0.05) is 5.02 Å². The number of ether oxygens (including phenoxy) is 1. The third kappa shape index (κ3) is 4.37. The lowest BCUT2D eigenvalue weighted by Gasteiger charge is -2.16. The second-order valence-corrected chi connectivity index (χ2v) is 4.93. The van der Waals surface area contributed by atoms with E-state index in [0.29, 0.717) is 17.9 Å². The van der Waals surface area contributed by atoms with Crippen LogP contribution in [0.5, 0.6) is 11.5 Å². The monoisotopic (exact) mass is 333 g/mol. The Morgan fingerprint density at radius 2 is 2.22 bits per heavy atom. The van der Waals surface area contributed by atoms with Gasteiger partial charge in [-0.05, 0) is 48.6 Å². The summed E-state index contributed by atoms with van der Waals surface area (Å²) in [6.07, 6.45) is 1.46. The number of halogens is 1. The van der Waals surface area contributed by atoms with Gasteiger partial charge in [0.2, 0.25) is 0 Å². The first kappa shape index (κ1) is 16.6. The minimum absolute atomic E-state index is 0.0466. The Morgan fingerprint density at radius 1 is 1.43 bits per heavy atom. The lowest BCUT2D eigenvalue weighted by Crippen LogP contribution is -2.01. The molecule has 2 rings (SSSR count). The van der Waals surface area contributed by atoms with Crippen LogP contribution in [0.3, 0.4) is 0 Å². The molecule has 0 heterocycles. The fourth-order valence-electron chi connectivity index (χ4n) is 1.83. The topological polar surface area (TPSA) is 94.0 Å². The summed E-state index contributed by atoms with van der Waals surface area (Å²) in [5.41, 5.74) is 3.98. The molecule has 0 fully saturated rings. The van der Waals surface area contributed by atoms with Gasteiger partial charge >= 0.3 is 5.97 Å². The summed E-state index contributed by atoms with van der Waals surface area (Å²) in [5.74, 6) is -1.22. The molecule has 23 heavy (non-hydrogen) atoms. The van der Waals surface area contributed by atoms with Crippen LogP contribution >= 0.6 is 11.6 Å². The largest absolute Gasteiger partial charge is 0.869 e. The van der Waals surface area contributed by atoms with Crippen molar-refractivity contribution in [1.82, 2.24) is 0 Å². The smallest absolute Gasteiger partial charge is 0.335 e. The molecule has 120 valence electrons. The maximum Gasteiger partial charge on any atom is 0.335 e. The van der Waals surface area contributed by atoms with Gasteiger partial charge in [0.25, 0.3) is 0 Å². The zero-order valence-corrected chi connectivity index (χ0v) is 13.0. The van der Waals surface area contributed by atoms with Gasteiger partial charge in [0.15, 0.2) is 0 Å².